The van der Waals surface area contributed by atoms with E-state index in [-0.39, 0.29) is 5.19 Å². The van der Waals surface area contributed by atoms with Crippen LogP contribution in [0.4, 0.5) is 26.3 Å². The van der Waals surface area contributed by atoms with Crippen molar-refractivity contribution < 1.29 is 35.2 Å². The fourth-order valence-corrected chi connectivity index (χ4v) is 4.15. The first-order chi connectivity index (χ1) is 12.6. The minimum Gasteiger partial charge on any atom is -0.479 e. The van der Waals surface area contributed by atoms with Crippen molar-refractivity contribution in [1.29, 1.82) is 0 Å². The summed E-state index contributed by atoms with van der Waals surface area (Å²) in [7, 11) is -0.203. The number of benzene rings is 1. The molecule has 0 aromatic heterocycles. The molecule has 0 bridgehead atoms. The first-order valence-corrected chi connectivity index (χ1v) is 10.3. The zero-order chi connectivity index (χ0) is 21.8. The van der Waals surface area contributed by atoms with E-state index >= 15 is 0 Å². The second kappa shape index (κ2) is 8.90. The highest BCUT2D eigenvalue weighted by Crippen LogP contribution is 2.28. The first-order valence-electron chi connectivity index (χ1n) is 7.44. The summed E-state index contributed by atoms with van der Waals surface area (Å²) in [5, 5.41) is 7.58. The van der Waals surface area contributed by atoms with Gasteiger partial charge in [0.1, 0.15) is 0 Å². The standard InChI is InChI=1S/C14H17ClF6N4O2Si/c1-24(2)22-11(13(16,17)18)26-28(15,10-8-6-5-7-9-10)27-12(14(19,20)21)23-25(3)4/h5-9H,1-4H3/b22-11+,23-12+. The molecule has 28 heavy (non-hydrogen) atoms. The number of hydrazone groups is 2. The van der Waals surface area contributed by atoms with Crippen LogP contribution in [0.1, 0.15) is 0 Å². The van der Waals surface area contributed by atoms with Crippen molar-refractivity contribution in [2.75, 3.05) is 28.2 Å². The van der Waals surface area contributed by atoms with E-state index in [1.54, 1.807) is 0 Å². The summed E-state index contributed by atoms with van der Waals surface area (Å²) in [4.78, 5) is 0. The summed E-state index contributed by atoms with van der Waals surface area (Å²) in [6.45, 7) is 0. The minimum atomic E-state index is -5.13. The van der Waals surface area contributed by atoms with Gasteiger partial charge in [-0.15, -0.1) is 10.2 Å². The van der Waals surface area contributed by atoms with Crippen LogP contribution in [0.2, 0.25) is 0 Å². The minimum absolute atomic E-state index is 0.205. The highest BCUT2D eigenvalue weighted by molar-refractivity contribution is 7.21. The van der Waals surface area contributed by atoms with Crippen LogP contribution in [0.3, 0.4) is 0 Å². The summed E-state index contributed by atoms with van der Waals surface area (Å²) in [5.74, 6) is -3.70. The van der Waals surface area contributed by atoms with Crippen LogP contribution >= 0.6 is 11.1 Å². The van der Waals surface area contributed by atoms with Crippen LogP contribution in [0.5, 0.6) is 0 Å². The van der Waals surface area contributed by atoms with E-state index in [2.05, 4.69) is 10.2 Å². The lowest BCUT2D eigenvalue weighted by Gasteiger charge is -2.28. The van der Waals surface area contributed by atoms with Crippen molar-refractivity contribution in [3.8, 4) is 0 Å². The molecule has 0 saturated carbocycles. The van der Waals surface area contributed by atoms with E-state index in [1.807, 2.05) is 0 Å². The molecule has 1 rings (SSSR count). The van der Waals surface area contributed by atoms with Gasteiger partial charge in [0.2, 0.25) is 0 Å². The van der Waals surface area contributed by atoms with Crippen LogP contribution in [-0.4, -0.2) is 70.2 Å². The van der Waals surface area contributed by atoms with Gasteiger partial charge in [-0.05, 0) is 0 Å². The van der Waals surface area contributed by atoms with E-state index in [9.17, 15) is 26.3 Å². The Balaban J connectivity index is 3.51. The third-order valence-electron chi connectivity index (χ3n) is 2.64. The third kappa shape index (κ3) is 7.11. The molecule has 0 amide bonds. The molecule has 158 valence electrons. The second-order valence-electron chi connectivity index (χ2n) is 5.61. The number of hydrogen-bond donors (Lipinski definition) is 0. The van der Waals surface area contributed by atoms with Crippen molar-refractivity contribution in [2.45, 2.75) is 12.4 Å². The van der Waals surface area contributed by atoms with Crippen molar-refractivity contribution in [2.24, 2.45) is 10.2 Å². The summed E-state index contributed by atoms with van der Waals surface area (Å²) in [5.41, 5.74) is 0. The molecule has 0 aliphatic carbocycles. The van der Waals surface area contributed by atoms with E-state index in [0.717, 1.165) is 10.0 Å². The Kier molecular flexibility index (Phi) is 7.59. The van der Waals surface area contributed by atoms with Gasteiger partial charge in [0.15, 0.2) is 0 Å². The van der Waals surface area contributed by atoms with Crippen molar-refractivity contribution in [3.63, 3.8) is 0 Å². The largest absolute Gasteiger partial charge is 0.607 e. The Bertz CT molecular complexity index is 672. The summed E-state index contributed by atoms with van der Waals surface area (Å²) < 4.78 is 89.2. The highest BCUT2D eigenvalue weighted by Gasteiger charge is 2.55. The molecule has 0 N–H and O–H groups in total. The first kappa shape index (κ1) is 23.9. The predicted molar refractivity (Wildman–Crippen MR) is 94.2 cm³/mol. The molecule has 0 fully saturated rings. The Morgan fingerprint density at radius 3 is 1.46 bits per heavy atom. The van der Waals surface area contributed by atoms with Crippen LogP contribution in [0, 0.1) is 0 Å². The van der Waals surface area contributed by atoms with Crippen molar-refractivity contribution in [1.82, 2.24) is 10.0 Å². The van der Waals surface area contributed by atoms with Crippen LogP contribution < -0.4 is 5.19 Å². The topological polar surface area (TPSA) is 49.7 Å². The Morgan fingerprint density at radius 1 is 0.821 bits per heavy atom. The molecule has 1 aromatic carbocycles. The maximum absolute atomic E-state index is 13.3. The predicted octanol–water partition coefficient (Wildman–Crippen LogP) is 2.98. The van der Waals surface area contributed by atoms with Crippen LogP contribution in [-0.2, 0) is 8.85 Å². The smallest absolute Gasteiger partial charge is 0.479 e. The molecule has 0 unspecified atom stereocenters. The lowest BCUT2D eigenvalue weighted by Crippen LogP contribution is -2.55. The van der Waals surface area contributed by atoms with Gasteiger partial charge >= 0.3 is 32.0 Å². The number of halogens is 7. The fourth-order valence-electron chi connectivity index (χ4n) is 1.66. The SMILES string of the molecule is CN(C)/N=C(/O[Si](Cl)(O/C(=N/N(C)C)C(F)(F)F)c1ccccc1)C(F)(F)F. The van der Waals surface area contributed by atoms with E-state index in [0.29, 0.717) is 0 Å². The molecule has 0 aliphatic heterocycles. The maximum atomic E-state index is 13.3. The molecule has 0 heterocycles. The van der Waals surface area contributed by atoms with Crippen molar-refractivity contribution >= 4 is 35.9 Å². The van der Waals surface area contributed by atoms with Gasteiger partial charge in [-0.1, -0.05) is 41.4 Å². The molecular formula is C14H17ClF6N4O2Si. The molecule has 0 saturated heterocycles. The second-order valence-corrected chi connectivity index (χ2v) is 9.16. The molecule has 0 aliphatic rings. The molecule has 6 nitrogen and oxygen atoms in total. The van der Waals surface area contributed by atoms with Gasteiger partial charge in [0.05, 0.1) is 0 Å². The fraction of sp³-hybridized carbons (Fsp3) is 0.429. The zero-order valence-electron chi connectivity index (χ0n) is 15.1. The zero-order valence-corrected chi connectivity index (χ0v) is 16.9. The van der Waals surface area contributed by atoms with Gasteiger partial charge in [0.25, 0.3) is 0 Å². The van der Waals surface area contributed by atoms with Gasteiger partial charge in [-0.2, -0.15) is 26.3 Å². The Morgan fingerprint density at radius 2 is 1.18 bits per heavy atom. The maximum Gasteiger partial charge on any atom is 0.607 e. The van der Waals surface area contributed by atoms with Gasteiger partial charge < -0.3 is 8.85 Å². The molecule has 14 heteroatoms. The highest BCUT2D eigenvalue weighted by atomic mass is 35.6. The number of nitrogens with zero attached hydrogens (tertiary/aromatic N) is 4. The van der Waals surface area contributed by atoms with Crippen molar-refractivity contribution in [3.05, 3.63) is 30.3 Å². The number of rotatable bonds is 5. The van der Waals surface area contributed by atoms with Gasteiger partial charge in [-0.3, -0.25) is 10.0 Å². The molecule has 0 radical (unpaired) electrons. The third-order valence-corrected chi connectivity index (χ3v) is 5.69. The monoisotopic (exact) mass is 450 g/mol. The summed E-state index contributed by atoms with van der Waals surface area (Å²) in [6.07, 6.45) is -10.3. The Labute approximate surface area is 162 Å². The number of hydrogen-bond acceptors (Lipinski definition) is 6. The quantitative estimate of drug-likeness (QED) is 0.173. The average Bonchev–Trinajstić information content (AvgIpc) is 2.52. The molecular weight excluding hydrogens is 434 g/mol. The van der Waals surface area contributed by atoms with E-state index in [1.165, 1.54) is 58.5 Å². The van der Waals surface area contributed by atoms with E-state index < -0.39 is 32.0 Å². The summed E-state index contributed by atoms with van der Waals surface area (Å²) in [6, 6.07) is 6.59. The molecule has 0 spiro atoms. The van der Waals surface area contributed by atoms with Gasteiger partial charge in [0, 0.05) is 33.4 Å². The summed E-state index contributed by atoms with van der Waals surface area (Å²) >= 11 is 6.13. The lowest BCUT2D eigenvalue weighted by atomic mass is 10.4. The average molecular weight is 451 g/mol. The van der Waals surface area contributed by atoms with E-state index in [4.69, 9.17) is 19.9 Å². The lowest BCUT2D eigenvalue weighted by molar-refractivity contribution is -0.0773. The Hall–Kier alpha value is -2.15. The molecule has 1 aromatic rings. The number of alkyl halides is 6. The van der Waals surface area contributed by atoms with Gasteiger partial charge in [-0.25, -0.2) is 0 Å². The van der Waals surface area contributed by atoms with Crippen LogP contribution in [0.15, 0.2) is 40.5 Å². The normalized spacial score (nSPS) is 14.0. The molecule has 0 atom stereocenters. The van der Waals surface area contributed by atoms with Crippen LogP contribution in [0.25, 0.3) is 0 Å².